The Morgan fingerprint density at radius 2 is 1.83 bits per heavy atom. The van der Waals surface area contributed by atoms with Crippen LogP contribution in [0.25, 0.3) is 0 Å². The maximum atomic E-state index is 12.9. The van der Waals surface area contributed by atoms with Crippen LogP contribution in [0.5, 0.6) is 0 Å². The van der Waals surface area contributed by atoms with Crippen LogP contribution in [-0.4, -0.2) is 70.9 Å². The lowest BCUT2D eigenvalue weighted by Crippen LogP contribution is -2.42. The van der Waals surface area contributed by atoms with E-state index in [1.54, 1.807) is 11.1 Å². The van der Waals surface area contributed by atoms with Gasteiger partial charge in [-0.1, -0.05) is 36.8 Å². The number of hydrogen-bond donors (Lipinski definition) is 1. The number of amides is 2. The van der Waals surface area contributed by atoms with Crippen molar-refractivity contribution >= 4 is 11.8 Å². The van der Waals surface area contributed by atoms with Gasteiger partial charge in [0.15, 0.2) is 0 Å². The van der Waals surface area contributed by atoms with Gasteiger partial charge in [0.25, 0.3) is 5.91 Å². The molecule has 160 valence electrons. The summed E-state index contributed by atoms with van der Waals surface area (Å²) in [6.07, 6.45) is 9.33. The molecule has 2 amide bonds. The zero-order valence-electron chi connectivity index (χ0n) is 17.5. The van der Waals surface area contributed by atoms with Gasteiger partial charge in [-0.3, -0.25) is 14.6 Å². The fourth-order valence-electron chi connectivity index (χ4n) is 3.65. The number of hydrogen-bond acceptors (Lipinski definition) is 5. The third-order valence-corrected chi connectivity index (χ3v) is 5.39. The van der Waals surface area contributed by atoms with Gasteiger partial charge in [0.2, 0.25) is 5.91 Å². The highest BCUT2D eigenvalue weighted by Crippen LogP contribution is 2.09. The summed E-state index contributed by atoms with van der Waals surface area (Å²) in [4.78, 5) is 37.5. The largest absolute Gasteiger partial charge is 0.356 e. The van der Waals surface area contributed by atoms with Crippen molar-refractivity contribution in [1.82, 2.24) is 25.1 Å². The molecule has 2 heterocycles. The van der Waals surface area contributed by atoms with Gasteiger partial charge in [-0.2, -0.15) is 0 Å². The third kappa shape index (κ3) is 7.22. The SMILES string of the molecule is O=C(CCN(CCN1CCCCC1)C(=O)c1cnccn1)NCCc1ccccc1. The molecule has 1 aliphatic rings. The third-order valence-electron chi connectivity index (χ3n) is 5.39. The normalized spacial score (nSPS) is 14.3. The minimum atomic E-state index is -0.169. The molecule has 1 N–H and O–H groups in total. The fraction of sp³-hybridized carbons (Fsp3) is 0.478. The van der Waals surface area contributed by atoms with Crippen LogP contribution in [0.15, 0.2) is 48.9 Å². The van der Waals surface area contributed by atoms with E-state index in [0.717, 1.165) is 26.1 Å². The average Bonchev–Trinajstić information content (AvgIpc) is 2.80. The molecule has 1 aromatic carbocycles. The molecule has 3 rings (SSSR count). The maximum absolute atomic E-state index is 12.9. The monoisotopic (exact) mass is 409 g/mol. The Morgan fingerprint density at radius 3 is 2.57 bits per heavy atom. The molecule has 0 radical (unpaired) electrons. The van der Waals surface area contributed by atoms with E-state index in [-0.39, 0.29) is 18.2 Å². The first-order valence-electron chi connectivity index (χ1n) is 10.8. The highest BCUT2D eigenvalue weighted by Gasteiger charge is 2.20. The summed E-state index contributed by atoms with van der Waals surface area (Å²) in [5.74, 6) is -0.210. The summed E-state index contributed by atoms with van der Waals surface area (Å²) in [5, 5.41) is 2.96. The Bertz CT molecular complexity index is 779. The number of likely N-dealkylation sites (tertiary alicyclic amines) is 1. The molecule has 0 saturated carbocycles. The average molecular weight is 410 g/mol. The van der Waals surface area contributed by atoms with Gasteiger partial charge in [0, 0.05) is 45.0 Å². The summed E-state index contributed by atoms with van der Waals surface area (Å²) >= 11 is 0. The van der Waals surface area contributed by atoms with Gasteiger partial charge in [0.05, 0.1) is 6.20 Å². The van der Waals surface area contributed by atoms with Crippen LogP contribution in [-0.2, 0) is 11.2 Å². The van der Waals surface area contributed by atoms with Crippen molar-refractivity contribution in [3.8, 4) is 0 Å². The minimum Gasteiger partial charge on any atom is -0.356 e. The van der Waals surface area contributed by atoms with Gasteiger partial charge in [-0.25, -0.2) is 4.98 Å². The molecule has 0 unspecified atom stereocenters. The lowest BCUT2D eigenvalue weighted by Gasteiger charge is -2.30. The number of carbonyl (C=O) groups excluding carboxylic acids is 2. The number of aromatic nitrogens is 2. The molecule has 0 spiro atoms. The molecule has 1 saturated heterocycles. The van der Waals surface area contributed by atoms with Crippen molar-refractivity contribution in [1.29, 1.82) is 0 Å². The van der Waals surface area contributed by atoms with E-state index >= 15 is 0 Å². The first kappa shape index (κ1) is 21.9. The smallest absolute Gasteiger partial charge is 0.274 e. The molecule has 2 aromatic rings. The second-order valence-electron chi connectivity index (χ2n) is 7.62. The Labute approximate surface area is 178 Å². The van der Waals surface area contributed by atoms with E-state index in [1.165, 1.54) is 37.2 Å². The number of piperidine rings is 1. The van der Waals surface area contributed by atoms with Crippen molar-refractivity contribution in [2.45, 2.75) is 32.1 Å². The molecule has 1 aliphatic heterocycles. The van der Waals surface area contributed by atoms with Crippen LogP contribution < -0.4 is 5.32 Å². The number of rotatable bonds is 10. The Balaban J connectivity index is 1.49. The summed E-state index contributed by atoms with van der Waals surface area (Å²) in [6, 6.07) is 10.1. The first-order valence-corrected chi connectivity index (χ1v) is 10.8. The van der Waals surface area contributed by atoms with Crippen molar-refractivity contribution in [2.75, 3.05) is 39.3 Å². The van der Waals surface area contributed by atoms with Crippen LogP contribution in [0.2, 0.25) is 0 Å². The molecule has 1 fully saturated rings. The van der Waals surface area contributed by atoms with Crippen molar-refractivity contribution in [3.05, 3.63) is 60.2 Å². The fourth-order valence-corrected chi connectivity index (χ4v) is 3.65. The minimum absolute atomic E-state index is 0.0409. The second kappa shape index (κ2) is 12.0. The summed E-state index contributed by atoms with van der Waals surface area (Å²) in [6.45, 7) is 4.53. The van der Waals surface area contributed by atoms with E-state index in [4.69, 9.17) is 0 Å². The molecule has 0 aliphatic carbocycles. The van der Waals surface area contributed by atoms with E-state index in [1.807, 2.05) is 30.3 Å². The van der Waals surface area contributed by atoms with E-state index in [9.17, 15) is 9.59 Å². The van der Waals surface area contributed by atoms with Crippen molar-refractivity contribution in [3.63, 3.8) is 0 Å². The Hall–Kier alpha value is -2.80. The van der Waals surface area contributed by atoms with Gasteiger partial charge in [-0.05, 0) is 37.9 Å². The molecular formula is C23H31N5O2. The van der Waals surface area contributed by atoms with Crippen LogP contribution in [0.1, 0.15) is 41.7 Å². The summed E-state index contributed by atoms with van der Waals surface area (Å²) in [5.41, 5.74) is 1.51. The zero-order chi connectivity index (χ0) is 21.0. The van der Waals surface area contributed by atoms with Crippen LogP contribution >= 0.6 is 0 Å². The molecule has 0 atom stereocenters. The van der Waals surface area contributed by atoms with Crippen LogP contribution in [0.4, 0.5) is 0 Å². The lowest BCUT2D eigenvalue weighted by molar-refractivity contribution is -0.121. The number of nitrogens with one attached hydrogen (secondary N) is 1. The zero-order valence-corrected chi connectivity index (χ0v) is 17.5. The highest BCUT2D eigenvalue weighted by atomic mass is 16.2. The summed E-state index contributed by atoms with van der Waals surface area (Å²) in [7, 11) is 0. The molecule has 30 heavy (non-hydrogen) atoms. The second-order valence-corrected chi connectivity index (χ2v) is 7.62. The molecule has 0 bridgehead atoms. The Kier molecular flexibility index (Phi) is 8.78. The standard InChI is InChI=1S/C23H31N5O2/c29-22(26-11-9-20-7-3-1-4-8-20)10-16-28(18-17-27-14-5-2-6-15-27)23(30)21-19-24-12-13-25-21/h1,3-4,7-8,12-13,19H,2,5-6,9-11,14-18H2,(H,26,29). The van der Waals surface area contributed by atoms with Crippen molar-refractivity contribution < 1.29 is 9.59 Å². The Morgan fingerprint density at radius 1 is 1.03 bits per heavy atom. The number of nitrogens with zero attached hydrogens (tertiary/aromatic N) is 4. The van der Waals surface area contributed by atoms with E-state index in [2.05, 4.69) is 20.2 Å². The predicted molar refractivity (Wildman–Crippen MR) is 116 cm³/mol. The molecule has 7 heteroatoms. The van der Waals surface area contributed by atoms with Crippen LogP contribution in [0, 0.1) is 0 Å². The quantitative estimate of drug-likeness (QED) is 0.651. The number of benzene rings is 1. The predicted octanol–water partition coefficient (Wildman–Crippen LogP) is 2.15. The molecule has 7 nitrogen and oxygen atoms in total. The highest BCUT2D eigenvalue weighted by molar-refractivity contribution is 5.92. The number of carbonyl (C=O) groups is 2. The summed E-state index contributed by atoms with van der Waals surface area (Å²) < 4.78 is 0. The van der Waals surface area contributed by atoms with Gasteiger partial charge < -0.3 is 15.1 Å². The maximum Gasteiger partial charge on any atom is 0.274 e. The molecular weight excluding hydrogens is 378 g/mol. The lowest BCUT2D eigenvalue weighted by atomic mass is 10.1. The van der Waals surface area contributed by atoms with Gasteiger partial charge in [0.1, 0.15) is 5.69 Å². The topological polar surface area (TPSA) is 78.4 Å². The first-order chi connectivity index (χ1) is 14.7. The van der Waals surface area contributed by atoms with Crippen molar-refractivity contribution in [2.24, 2.45) is 0 Å². The molecule has 1 aromatic heterocycles. The van der Waals surface area contributed by atoms with Gasteiger partial charge in [-0.15, -0.1) is 0 Å². The van der Waals surface area contributed by atoms with E-state index < -0.39 is 0 Å². The van der Waals surface area contributed by atoms with Gasteiger partial charge >= 0.3 is 0 Å². The van der Waals surface area contributed by atoms with Crippen LogP contribution in [0.3, 0.4) is 0 Å². The van der Waals surface area contributed by atoms with E-state index in [0.29, 0.717) is 25.3 Å².